The van der Waals surface area contributed by atoms with Gasteiger partial charge in [-0.25, -0.2) is 0 Å². The van der Waals surface area contributed by atoms with E-state index in [4.69, 9.17) is 0 Å². The Hall–Kier alpha value is -6.50. The lowest BCUT2D eigenvalue weighted by atomic mass is 9.83. The molecule has 0 aliphatic rings. The maximum Gasteiger partial charge on any atom is -0.00143 e. The molecule has 10 aromatic rings. The Morgan fingerprint density at radius 1 is 0.200 bits per heavy atom. The zero-order valence-corrected chi connectivity index (χ0v) is 27.5. The van der Waals surface area contributed by atoms with Crippen LogP contribution in [0.3, 0.4) is 0 Å². The van der Waals surface area contributed by atoms with Crippen molar-refractivity contribution in [2.45, 2.75) is 0 Å². The number of rotatable bonds is 5. The standard InChI is InChI=1S/C50H32/c1-3-11-33(12-4-1)40-27-28-43(34-13-5-2-6-14-34)47(31-40)48-32-46(44-29-25-38-17-9-18-39-26-30-45(48)50(44)49(38)39)37-23-21-36(22-24-37)42-20-10-16-35-15-7-8-19-41(35)42/h1-32H. The first-order valence-corrected chi connectivity index (χ1v) is 17.3. The van der Waals surface area contributed by atoms with Crippen LogP contribution in [-0.2, 0) is 0 Å². The van der Waals surface area contributed by atoms with Gasteiger partial charge in [0.05, 0.1) is 0 Å². The second kappa shape index (κ2) is 11.6. The molecule has 232 valence electrons. The molecule has 10 aromatic carbocycles. The van der Waals surface area contributed by atoms with E-state index >= 15 is 0 Å². The van der Waals surface area contributed by atoms with E-state index in [1.807, 2.05) is 0 Å². The fraction of sp³-hybridized carbons (Fsp3) is 0. The average Bonchev–Trinajstić information content (AvgIpc) is 3.20. The molecule has 0 saturated heterocycles. The van der Waals surface area contributed by atoms with E-state index in [1.54, 1.807) is 0 Å². The van der Waals surface area contributed by atoms with Crippen LogP contribution < -0.4 is 0 Å². The van der Waals surface area contributed by atoms with Crippen molar-refractivity contribution in [2.75, 3.05) is 0 Å². The Labute approximate surface area is 291 Å². The fourth-order valence-electron chi connectivity index (χ4n) is 8.05. The van der Waals surface area contributed by atoms with Gasteiger partial charge < -0.3 is 0 Å². The summed E-state index contributed by atoms with van der Waals surface area (Å²) in [5.41, 5.74) is 12.3. The average molecular weight is 633 g/mol. The molecule has 0 unspecified atom stereocenters. The number of hydrogen-bond donors (Lipinski definition) is 0. The fourth-order valence-corrected chi connectivity index (χ4v) is 8.05. The first-order valence-electron chi connectivity index (χ1n) is 17.3. The maximum atomic E-state index is 2.45. The predicted octanol–water partition coefficient (Wildman–Crippen LogP) is 14.1. The van der Waals surface area contributed by atoms with Crippen molar-refractivity contribution in [3.63, 3.8) is 0 Å². The maximum absolute atomic E-state index is 2.45. The molecule has 0 bridgehead atoms. The van der Waals surface area contributed by atoms with E-state index in [0.29, 0.717) is 0 Å². The molecule has 0 N–H and O–H groups in total. The number of hydrogen-bond acceptors (Lipinski definition) is 0. The highest BCUT2D eigenvalue weighted by atomic mass is 14.2. The molecule has 0 fully saturated rings. The molecule has 0 nitrogen and oxygen atoms in total. The Bertz CT molecular complexity index is 2810. The highest BCUT2D eigenvalue weighted by Gasteiger charge is 2.19. The third kappa shape index (κ3) is 4.61. The van der Waals surface area contributed by atoms with Gasteiger partial charge in [0.1, 0.15) is 0 Å². The first kappa shape index (κ1) is 28.5. The Kier molecular flexibility index (Phi) is 6.60. The lowest BCUT2D eigenvalue weighted by Gasteiger charge is -2.20. The van der Waals surface area contributed by atoms with Crippen LogP contribution in [0.5, 0.6) is 0 Å². The molecule has 0 radical (unpaired) electrons. The second-order valence-corrected chi connectivity index (χ2v) is 13.2. The normalized spacial score (nSPS) is 11.6. The van der Waals surface area contributed by atoms with Crippen molar-refractivity contribution in [3.8, 4) is 55.6 Å². The van der Waals surface area contributed by atoms with Crippen molar-refractivity contribution < 1.29 is 0 Å². The van der Waals surface area contributed by atoms with E-state index in [9.17, 15) is 0 Å². The monoisotopic (exact) mass is 632 g/mol. The molecule has 0 spiro atoms. The highest BCUT2D eigenvalue weighted by Crippen LogP contribution is 2.47. The summed E-state index contributed by atoms with van der Waals surface area (Å²) in [5, 5.41) is 10.3. The van der Waals surface area contributed by atoms with Gasteiger partial charge in [-0.05, 0) is 111 Å². The Morgan fingerprint density at radius 3 is 1.48 bits per heavy atom. The number of fused-ring (bicyclic) bond motifs is 1. The lowest BCUT2D eigenvalue weighted by Crippen LogP contribution is -1.93. The second-order valence-electron chi connectivity index (χ2n) is 13.2. The molecular formula is C50H32. The van der Waals surface area contributed by atoms with Gasteiger partial charge in [-0.3, -0.25) is 0 Å². The minimum absolute atomic E-state index is 1.21. The molecule has 0 heterocycles. The molecule has 0 aromatic heterocycles. The summed E-state index contributed by atoms with van der Waals surface area (Å²) >= 11 is 0. The SMILES string of the molecule is c1ccc(-c2ccc(-c3ccccc3)c(-c3cc(-c4ccc(-c5cccc6ccccc56)cc4)c4ccc5cccc6ccc3c4c56)c2)cc1. The van der Waals surface area contributed by atoms with Crippen molar-refractivity contribution in [1.82, 2.24) is 0 Å². The summed E-state index contributed by atoms with van der Waals surface area (Å²) < 4.78 is 0. The molecule has 0 aliphatic heterocycles. The topological polar surface area (TPSA) is 0 Å². The van der Waals surface area contributed by atoms with Crippen molar-refractivity contribution in [2.24, 2.45) is 0 Å². The smallest absolute Gasteiger partial charge is 0.00143 e. The van der Waals surface area contributed by atoms with Crippen LogP contribution in [0, 0.1) is 0 Å². The third-order valence-electron chi connectivity index (χ3n) is 10.4. The Balaban J connectivity index is 1.26. The third-order valence-corrected chi connectivity index (χ3v) is 10.4. The van der Waals surface area contributed by atoms with E-state index < -0.39 is 0 Å². The van der Waals surface area contributed by atoms with Gasteiger partial charge in [-0.15, -0.1) is 0 Å². The first-order chi connectivity index (χ1) is 24.8. The number of benzene rings is 10. The van der Waals surface area contributed by atoms with E-state index in [1.165, 1.54) is 98.7 Å². The van der Waals surface area contributed by atoms with Crippen LogP contribution in [-0.4, -0.2) is 0 Å². The van der Waals surface area contributed by atoms with Crippen LogP contribution in [0.1, 0.15) is 0 Å². The van der Waals surface area contributed by atoms with Gasteiger partial charge in [0.25, 0.3) is 0 Å². The van der Waals surface area contributed by atoms with Crippen LogP contribution in [0.15, 0.2) is 194 Å². The van der Waals surface area contributed by atoms with Gasteiger partial charge in [-0.1, -0.05) is 182 Å². The molecule has 10 rings (SSSR count). The minimum Gasteiger partial charge on any atom is -0.0622 e. The van der Waals surface area contributed by atoms with Gasteiger partial charge in [0.15, 0.2) is 0 Å². The molecule has 0 atom stereocenters. The highest BCUT2D eigenvalue weighted by molar-refractivity contribution is 6.28. The van der Waals surface area contributed by atoms with Crippen molar-refractivity contribution in [3.05, 3.63) is 194 Å². The summed E-state index contributed by atoms with van der Waals surface area (Å²) in [6.45, 7) is 0. The Morgan fingerprint density at radius 2 is 0.740 bits per heavy atom. The van der Waals surface area contributed by atoms with Gasteiger partial charge >= 0.3 is 0 Å². The van der Waals surface area contributed by atoms with Crippen LogP contribution >= 0.6 is 0 Å². The zero-order valence-electron chi connectivity index (χ0n) is 27.5. The van der Waals surface area contributed by atoms with Gasteiger partial charge in [-0.2, -0.15) is 0 Å². The van der Waals surface area contributed by atoms with E-state index in [0.717, 1.165) is 0 Å². The summed E-state index contributed by atoms with van der Waals surface area (Å²) in [5.74, 6) is 0. The summed E-state index contributed by atoms with van der Waals surface area (Å²) in [6, 6.07) is 71.4. The summed E-state index contributed by atoms with van der Waals surface area (Å²) in [4.78, 5) is 0. The van der Waals surface area contributed by atoms with Crippen molar-refractivity contribution >= 4 is 43.1 Å². The zero-order chi connectivity index (χ0) is 33.0. The van der Waals surface area contributed by atoms with Gasteiger partial charge in [0.2, 0.25) is 0 Å². The predicted molar refractivity (Wildman–Crippen MR) is 215 cm³/mol. The summed E-state index contributed by atoms with van der Waals surface area (Å²) in [7, 11) is 0. The van der Waals surface area contributed by atoms with Crippen LogP contribution in [0.2, 0.25) is 0 Å². The molecular weight excluding hydrogens is 601 g/mol. The van der Waals surface area contributed by atoms with Crippen molar-refractivity contribution in [1.29, 1.82) is 0 Å². The minimum atomic E-state index is 1.21. The molecule has 0 saturated carbocycles. The van der Waals surface area contributed by atoms with Crippen LogP contribution in [0.4, 0.5) is 0 Å². The van der Waals surface area contributed by atoms with Crippen LogP contribution in [0.25, 0.3) is 98.7 Å². The van der Waals surface area contributed by atoms with E-state index in [-0.39, 0.29) is 0 Å². The molecule has 0 amide bonds. The summed E-state index contributed by atoms with van der Waals surface area (Å²) in [6.07, 6.45) is 0. The quantitative estimate of drug-likeness (QED) is 0.166. The largest absolute Gasteiger partial charge is 0.0622 e. The molecule has 0 aliphatic carbocycles. The molecule has 0 heteroatoms. The molecule has 50 heavy (non-hydrogen) atoms. The van der Waals surface area contributed by atoms with E-state index in [2.05, 4.69) is 194 Å². The van der Waals surface area contributed by atoms with Gasteiger partial charge in [0, 0.05) is 0 Å². The lowest BCUT2D eigenvalue weighted by molar-refractivity contribution is 1.57.